The third kappa shape index (κ3) is 4.77. The summed E-state index contributed by atoms with van der Waals surface area (Å²) in [6, 6.07) is 9.73. The number of carbonyl (C=O) groups is 1. The van der Waals surface area contributed by atoms with Crippen LogP contribution in [0.4, 0.5) is 14.5 Å². The van der Waals surface area contributed by atoms with Gasteiger partial charge in [0, 0.05) is 12.0 Å². The molecular formula is C18H19F2NO2. The lowest BCUT2D eigenvalue weighted by Crippen LogP contribution is -2.29. The van der Waals surface area contributed by atoms with Crippen LogP contribution in [0.5, 0.6) is 5.75 Å². The van der Waals surface area contributed by atoms with E-state index in [0.29, 0.717) is 12.2 Å². The van der Waals surface area contributed by atoms with Gasteiger partial charge in [0.1, 0.15) is 23.0 Å². The number of ketones is 1. The number of benzene rings is 2. The summed E-state index contributed by atoms with van der Waals surface area (Å²) in [4.78, 5) is 12.1. The number of ether oxygens (including phenoxy) is 1. The van der Waals surface area contributed by atoms with E-state index in [1.807, 2.05) is 13.8 Å². The number of halogens is 2. The highest BCUT2D eigenvalue weighted by atomic mass is 19.1. The van der Waals surface area contributed by atoms with Crippen LogP contribution in [0.3, 0.4) is 0 Å². The van der Waals surface area contributed by atoms with Crippen molar-refractivity contribution in [2.24, 2.45) is 0 Å². The van der Waals surface area contributed by atoms with Crippen LogP contribution in [0.1, 0.15) is 37.0 Å². The van der Waals surface area contributed by atoms with Crippen molar-refractivity contribution >= 4 is 11.5 Å². The van der Waals surface area contributed by atoms with Gasteiger partial charge in [-0.3, -0.25) is 4.79 Å². The van der Waals surface area contributed by atoms with E-state index in [-0.39, 0.29) is 29.3 Å². The molecular weight excluding hydrogens is 300 g/mol. The molecule has 2 aromatic rings. The van der Waals surface area contributed by atoms with Crippen molar-refractivity contribution in [2.45, 2.75) is 32.3 Å². The second-order valence-electron chi connectivity index (χ2n) is 5.98. The van der Waals surface area contributed by atoms with Gasteiger partial charge in [-0.25, -0.2) is 8.78 Å². The van der Waals surface area contributed by atoms with Crippen molar-refractivity contribution < 1.29 is 18.3 Å². The van der Waals surface area contributed by atoms with Crippen LogP contribution in [0, 0.1) is 11.6 Å². The molecule has 0 aliphatic heterocycles. The number of carbonyl (C=O) groups excluding carboxylic acids is 1. The van der Waals surface area contributed by atoms with Gasteiger partial charge in [-0.05, 0) is 62.7 Å². The Hall–Kier alpha value is -2.43. The number of hydrogen-bond donors (Lipinski definition) is 1. The minimum Gasteiger partial charge on any atom is -0.488 e. The Morgan fingerprint density at radius 3 is 2.39 bits per heavy atom. The Labute approximate surface area is 134 Å². The van der Waals surface area contributed by atoms with Gasteiger partial charge in [0.15, 0.2) is 5.78 Å². The summed E-state index contributed by atoms with van der Waals surface area (Å²) >= 11 is 0. The lowest BCUT2D eigenvalue weighted by molar-refractivity contribution is 0.0810. The molecule has 3 nitrogen and oxygen atoms in total. The van der Waals surface area contributed by atoms with Crippen LogP contribution in [-0.4, -0.2) is 11.4 Å². The van der Waals surface area contributed by atoms with Crippen molar-refractivity contribution in [3.63, 3.8) is 0 Å². The first kappa shape index (κ1) is 16.9. The zero-order valence-corrected chi connectivity index (χ0v) is 13.1. The molecule has 2 aromatic carbocycles. The van der Waals surface area contributed by atoms with E-state index >= 15 is 0 Å². The minimum atomic E-state index is -0.611. The Bertz CT molecular complexity index is 697. The molecule has 0 heterocycles. The van der Waals surface area contributed by atoms with Crippen LogP contribution < -0.4 is 10.5 Å². The van der Waals surface area contributed by atoms with E-state index in [4.69, 9.17) is 10.5 Å². The van der Waals surface area contributed by atoms with Gasteiger partial charge < -0.3 is 10.5 Å². The fourth-order valence-corrected chi connectivity index (χ4v) is 2.13. The van der Waals surface area contributed by atoms with Gasteiger partial charge in [-0.2, -0.15) is 0 Å². The number of nitrogen functional groups attached to an aromatic ring is 1. The SMILES string of the molecule is CC(C)(CCC(=O)c1ccc(N)c(F)c1)Oc1ccc(F)cc1. The first-order valence-electron chi connectivity index (χ1n) is 7.30. The molecule has 0 radical (unpaired) electrons. The molecule has 122 valence electrons. The summed E-state index contributed by atoms with van der Waals surface area (Å²) in [5.74, 6) is -0.588. The van der Waals surface area contributed by atoms with Crippen LogP contribution in [0.25, 0.3) is 0 Å². The Morgan fingerprint density at radius 1 is 1.13 bits per heavy atom. The van der Waals surface area contributed by atoms with Crippen molar-refractivity contribution in [3.8, 4) is 5.75 Å². The molecule has 0 saturated carbocycles. The summed E-state index contributed by atoms with van der Waals surface area (Å²) in [7, 11) is 0. The maximum absolute atomic E-state index is 13.4. The van der Waals surface area contributed by atoms with Gasteiger partial charge in [-0.1, -0.05) is 0 Å². The topological polar surface area (TPSA) is 52.3 Å². The molecule has 23 heavy (non-hydrogen) atoms. The van der Waals surface area contributed by atoms with Gasteiger partial charge in [-0.15, -0.1) is 0 Å². The molecule has 0 atom stereocenters. The average Bonchev–Trinajstić information content (AvgIpc) is 2.50. The quantitative estimate of drug-likeness (QED) is 0.635. The summed E-state index contributed by atoms with van der Waals surface area (Å²) in [5.41, 5.74) is 5.09. The van der Waals surface area contributed by atoms with Crippen LogP contribution in [-0.2, 0) is 0 Å². The van der Waals surface area contributed by atoms with Crippen molar-refractivity contribution in [1.29, 1.82) is 0 Å². The first-order valence-corrected chi connectivity index (χ1v) is 7.30. The van der Waals surface area contributed by atoms with Crippen LogP contribution in [0.15, 0.2) is 42.5 Å². The van der Waals surface area contributed by atoms with E-state index in [1.54, 1.807) is 0 Å². The van der Waals surface area contributed by atoms with Gasteiger partial charge in [0.05, 0.1) is 5.69 Å². The zero-order chi connectivity index (χ0) is 17.0. The third-order valence-corrected chi connectivity index (χ3v) is 3.48. The van der Waals surface area contributed by atoms with E-state index in [2.05, 4.69) is 0 Å². The lowest BCUT2D eigenvalue weighted by atomic mass is 9.97. The van der Waals surface area contributed by atoms with Crippen molar-refractivity contribution in [1.82, 2.24) is 0 Å². The Kier molecular flexibility index (Phi) is 4.98. The standard InChI is InChI=1S/C18H19F2NO2/c1-18(2,23-14-6-4-13(19)5-7-14)10-9-17(22)12-3-8-16(21)15(20)11-12/h3-8,11H,9-10,21H2,1-2H3. The van der Waals surface area contributed by atoms with Gasteiger partial charge in [0.25, 0.3) is 0 Å². The maximum Gasteiger partial charge on any atom is 0.163 e. The number of anilines is 1. The second kappa shape index (κ2) is 6.77. The molecule has 0 bridgehead atoms. The van der Waals surface area contributed by atoms with Crippen LogP contribution >= 0.6 is 0 Å². The molecule has 2 rings (SSSR count). The highest BCUT2D eigenvalue weighted by Gasteiger charge is 2.22. The predicted molar refractivity (Wildman–Crippen MR) is 85.5 cm³/mol. The highest BCUT2D eigenvalue weighted by molar-refractivity contribution is 5.96. The molecule has 0 unspecified atom stereocenters. The monoisotopic (exact) mass is 319 g/mol. The maximum atomic E-state index is 13.4. The molecule has 0 aromatic heterocycles. The molecule has 0 amide bonds. The van der Waals surface area contributed by atoms with E-state index < -0.39 is 11.4 Å². The third-order valence-electron chi connectivity index (χ3n) is 3.48. The number of hydrogen-bond acceptors (Lipinski definition) is 3. The fraction of sp³-hybridized carbons (Fsp3) is 0.278. The predicted octanol–water partition coefficient (Wildman–Crippen LogP) is 4.37. The zero-order valence-electron chi connectivity index (χ0n) is 13.1. The van der Waals surface area contributed by atoms with Gasteiger partial charge >= 0.3 is 0 Å². The summed E-state index contributed by atoms with van der Waals surface area (Å²) in [6.45, 7) is 3.68. The summed E-state index contributed by atoms with van der Waals surface area (Å²) in [6.07, 6.45) is 0.646. The second-order valence-corrected chi connectivity index (χ2v) is 5.98. The number of Topliss-reactive ketones (excluding diaryl/α,β-unsaturated/α-hetero) is 1. The molecule has 0 aliphatic rings. The summed E-state index contributed by atoms with van der Waals surface area (Å²) < 4.78 is 32.1. The molecule has 0 fully saturated rings. The largest absolute Gasteiger partial charge is 0.488 e. The average molecular weight is 319 g/mol. The highest BCUT2D eigenvalue weighted by Crippen LogP contribution is 2.24. The fourth-order valence-electron chi connectivity index (χ4n) is 2.13. The first-order chi connectivity index (χ1) is 10.8. The van der Waals surface area contributed by atoms with Crippen LogP contribution in [0.2, 0.25) is 0 Å². The number of nitrogens with two attached hydrogens (primary N) is 1. The molecule has 2 N–H and O–H groups in total. The molecule has 0 spiro atoms. The Balaban J connectivity index is 1.96. The van der Waals surface area contributed by atoms with Gasteiger partial charge in [0.2, 0.25) is 0 Å². The minimum absolute atomic E-state index is 0.0153. The normalized spacial score (nSPS) is 11.3. The summed E-state index contributed by atoms with van der Waals surface area (Å²) in [5, 5.41) is 0. The Morgan fingerprint density at radius 2 is 1.78 bits per heavy atom. The molecule has 0 saturated heterocycles. The number of rotatable bonds is 6. The van der Waals surface area contributed by atoms with Crippen molar-refractivity contribution in [3.05, 3.63) is 59.7 Å². The smallest absolute Gasteiger partial charge is 0.163 e. The molecule has 0 aliphatic carbocycles. The van der Waals surface area contributed by atoms with E-state index in [0.717, 1.165) is 6.07 Å². The lowest BCUT2D eigenvalue weighted by Gasteiger charge is -2.26. The molecule has 5 heteroatoms. The van der Waals surface area contributed by atoms with E-state index in [9.17, 15) is 13.6 Å². The van der Waals surface area contributed by atoms with Crippen molar-refractivity contribution in [2.75, 3.05) is 5.73 Å². The van der Waals surface area contributed by atoms with E-state index in [1.165, 1.54) is 36.4 Å².